The van der Waals surface area contributed by atoms with Crippen LogP contribution in [-0.2, 0) is 0 Å². The summed E-state index contributed by atoms with van der Waals surface area (Å²) in [6.45, 7) is 1.97. The van der Waals surface area contributed by atoms with Crippen molar-refractivity contribution in [1.82, 2.24) is 15.2 Å². The van der Waals surface area contributed by atoms with E-state index in [9.17, 15) is 0 Å². The summed E-state index contributed by atoms with van der Waals surface area (Å²) in [5, 5.41) is 10.0. The Morgan fingerprint density at radius 2 is 1.89 bits per heavy atom. The van der Waals surface area contributed by atoms with Crippen molar-refractivity contribution < 1.29 is 0 Å². The maximum atomic E-state index is 4.58. The molecule has 2 heterocycles. The molecule has 2 aromatic heterocycles. The van der Waals surface area contributed by atoms with Gasteiger partial charge in [0.05, 0.1) is 15.3 Å². The van der Waals surface area contributed by atoms with Gasteiger partial charge in [0.15, 0.2) is 8.68 Å². The number of hydrogen-bond acceptors (Lipinski definition) is 7. The van der Waals surface area contributed by atoms with Crippen molar-refractivity contribution in [3.8, 4) is 0 Å². The molecule has 0 amide bonds. The third-order valence-corrected chi connectivity index (χ3v) is 6.43. The summed E-state index contributed by atoms with van der Waals surface area (Å²) >= 11 is 6.86. The van der Waals surface area contributed by atoms with E-state index >= 15 is 0 Å². The van der Waals surface area contributed by atoms with Crippen LogP contribution in [-0.4, -0.2) is 20.3 Å². The Hall–Kier alpha value is -0.630. The fraction of sp³-hybridized carbons (Fsp3) is 0.182. The lowest BCUT2D eigenvalue weighted by atomic mass is 10.3. The highest BCUT2D eigenvalue weighted by molar-refractivity contribution is 8.17. The molecule has 92 valence electrons. The number of nitrogens with zero attached hydrogens (tertiary/aromatic N) is 3. The molecular weight excluding hydrogens is 302 g/mol. The minimum absolute atomic E-state index is 0.925. The Bertz CT molecular complexity index is 628. The highest BCUT2D eigenvalue weighted by Gasteiger charge is 2.05. The van der Waals surface area contributed by atoms with Crippen molar-refractivity contribution in [3.05, 3.63) is 29.3 Å². The molecule has 18 heavy (non-hydrogen) atoms. The number of para-hydroxylation sites is 1. The monoisotopic (exact) mass is 311 g/mol. The summed E-state index contributed by atoms with van der Waals surface area (Å²) < 4.78 is 3.39. The summed E-state index contributed by atoms with van der Waals surface area (Å²) in [4.78, 5) is 4.58. The Morgan fingerprint density at radius 3 is 2.67 bits per heavy atom. The number of thiazole rings is 1. The maximum absolute atomic E-state index is 4.58. The van der Waals surface area contributed by atoms with Crippen LogP contribution in [0.3, 0.4) is 0 Å². The van der Waals surface area contributed by atoms with Crippen molar-refractivity contribution in [2.24, 2.45) is 0 Å². The second kappa shape index (κ2) is 5.56. The average molecular weight is 311 g/mol. The molecule has 0 saturated carbocycles. The number of aromatic nitrogens is 3. The summed E-state index contributed by atoms with van der Waals surface area (Å²) in [6.07, 6.45) is 0. The van der Waals surface area contributed by atoms with Crippen LogP contribution in [0.25, 0.3) is 10.2 Å². The summed E-state index contributed by atoms with van der Waals surface area (Å²) in [5.41, 5.74) is 1.08. The first-order valence-electron chi connectivity index (χ1n) is 5.22. The van der Waals surface area contributed by atoms with Gasteiger partial charge in [-0.1, -0.05) is 47.0 Å². The standard InChI is InChI=1S/C11H9N3S4/c1-7-13-14-11(17-7)16-6-15-10-12-8-4-2-3-5-9(8)18-10/h2-5H,6H2,1H3. The molecule has 0 bridgehead atoms. The van der Waals surface area contributed by atoms with Gasteiger partial charge >= 0.3 is 0 Å². The van der Waals surface area contributed by atoms with Crippen LogP contribution in [0, 0.1) is 6.92 Å². The lowest BCUT2D eigenvalue weighted by Crippen LogP contribution is -1.74. The Kier molecular flexibility index (Phi) is 3.83. The van der Waals surface area contributed by atoms with E-state index in [4.69, 9.17) is 0 Å². The van der Waals surface area contributed by atoms with Crippen molar-refractivity contribution in [2.75, 3.05) is 5.08 Å². The van der Waals surface area contributed by atoms with E-state index in [1.807, 2.05) is 19.1 Å². The molecule has 0 aliphatic carbocycles. The van der Waals surface area contributed by atoms with Crippen LogP contribution in [0.5, 0.6) is 0 Å². The van der Waals surface area contributed by atoms with Gasteiger partial charge in [-0.2, -0.15) is 0 Å². The number of aryl methyl sites for hydroxylation is 1. The first-order chi connectivity index (χ1) is 8.81. The zero-order valence-corrected chi connectivity index (χ0v) is 12.8. The van der Waals surface area contributed by atoms with Crippen molar-refractivity contribution in [3.63, 3.8) is 0 Å². The molecule has 1 aromatic carbocycles. The van der Waals surface area contributed by atoms with Crippen LogP contribution in [0.15, 0.2) is 32.9 Å². The van der Waals surface area contributed by atoms with Gasteiger partial charge in [-0.25, -0.2) is 4.98 Å². The first kappa shape index (κ1) is 12.4. The zero-order valence-electron chi connectivity index (χ0n) is 9.49. The lowest BCUT2D eigenvalue weighted by Gasteiger charge is -1.92. The molecule has 3 nitrogen and oxygen atoms in total. The Labute approximate surface area is 121 Å². The zero-order chi connectivity index (χ0) is 12.4. The van der Waals surface area contributed by atoms with Gasteiger partial charge in [0, 0.05) is 0 Å². The van der Waals surface area contributed by atoms with Crippen LogP contribution in [0.1, 0.15) is 5.01 Å². The molecule has 3 aromatic rings. The smallest absolute Gasteiger partial charge is 0.175 e. The van der Waals surface area contributed by atoms with E-state index in [1.54, 1.807) is 46.2 Å². The second-order valence-corrected chi connectivity index (χ2v) is 8.46. The molecule has 0 atom stereocenters. The molecule has 0 spiro atoms. The van der Waals surface area contributed by atoms with Crippen molar-refractivity contribution in [1.29, 1.82) is 0 Å². The Morgan fingerprint density at radius 1 is 1.06 bits per heavy atom. The van der Waals surface area contributed by atoms with E-state index in [1.165, 1.54) is 4.70 Å². The van der Waals surface area contributed by atoms with Crippen LogP contribution < -0.4 is 0 Å². The van der Waals surface area contributed by atoms with E-state index in [0.717, 1.165) is 24.3 Å². The van der Waals surface area contributed by atoms with Gasteiger partial charge in [0.25, 0.3) is 0 Å². The van der Waals surface area contributed by atoms with Crippen LogP contribution in [0.4, 0.5) is 0 Å². The van der Waals surface area contributed by atoms with Gasteiger partial charge in [0.2, 0.25) is 0 Å². The van der Waals surface area contributed by atoms with Gasteiger partial charge in [0.1, 0.15) is 5.01 Å². The molecule has 0 unspecified atom stereocenters. The van der Waals surface area contributed by atoms with Crippen LogP contribution >= 0.6 is 46.2 Å². The molecular formula is C11H9N3S4. The third kappa shape index (κ3) is 2.85. The number of hydrogen-bond donors (Lipinski definition) is 0. The highest BCUT2D eigenvalue weighted by Crippen LogP contribution is 2.33. The van der Waals surface area contributed by atoms with Crippen molar-refractivity contribution in [2.45, 2.75) is 15.6 Å². The topological polar surface area (TPSA) is 38.7 Å². The molecule has 0 radical (unpaired) electrons. The predicted octanol–water partition coefficient (Wildman–Crippen LogP) is 4.30. The molecule has 3 rings (SSSR count). The molecule has 0 fully saturated rings. The number of rotatable bonds is 4. The minimum Gasteiger partial charge on any atom is -0.230 e. The quantitative estimate of drug-likeness (QED) is 0.530. The molecule has 0 aliphatic heterocycles. The number of benzene rings is 1. The van der Waals surface area contributed by atoms with E-state index in [2.05, 4.69) is 27.3 Å². The van der Waals surface area contributed by atoms with E-state index < -0.39 is 0 Å². The fourth-order valence-corrected chi connectivity index (χ4v) is 5.77. The minimum atomic E-state index is 0.925. The predicted molar refractivity (Wildman–Crippen MR) is 80.8 cm³/mol. The van der Waals surface area contributed by atoms with Gasteiger partial charge in [-0.3, -0.25) is 0 Å². The first-order valence-corrected chi connectivity index (χ1v) is 8.83. The maximum Gasteiger partial charge on any atom is 0.175 e. The summed E-state index contributed by atoms with van der Waals surface area (Å²) in [5.74, 6) is 0. The SMILES string of the molecule is Cc1nnc(SCSc2nc3ccccc3s2)s1. The fourth-order valence-electron chi connectivity index (χ4n) is 1.38. The lowest BCUT2D eigenvalue weighted by molar-refractivity contribution is 0.985. The normalized spacial score (nSPS) is 11.2. The van der Waals surface area contributed by atoms with Gasteiger partial charge < -0.3 is 0 Å². The van der Waals surface area contributed by atoms with Gasteiger partial charge in [-0.05, 0) is 19.1 Å². The van der Waals surface area contributed by atoms with Crippen LogP contribution in [0.2, 0.25) is 0 Å². The van der Waals surface area contributed by atoms with Gasteiger partial charge in [-0.15, -0.1) is 21.5 Å². The molecule has 0 saturated heterocycles. The van der Waals surface area contributed by atoms with E-state index in [-0.39, 0.29) is 0 Å². The summed E-state index contributed by atoms with van der Waals surface area (Å²) in [7, 11) is 0. The number of thioether (sulfide) groups is 2. The highest BCUT2D eigenvalue weighted by atomic mass is 32.2. The third-order valence-electron chi connectivity index (χ3n) is 2.15. The summed E-state index contributed by atoms with van der Waals surface area (Å²) in [6, 6.07) is 8.23. The second-order valence-electron chi connectivity index (χ2n) is 3.44. The molecule has 7 heteroatoms. The Balaban J connectivity index is 1.62. The number of fused-ring (bicyclic) bond motifs is 1. The largest absolute Gasteiger partial charge is 0.230 e. The average Bonchev–Trinajstić information content (AvgIpc) is 2.95. The molecule has 0 aliphatic rings. The van der Waals surface area contributed by atoms with Crippen molar-refractivity contribution >= 4 is 56.4 Å². The molecule has 0 N–H and O–H groups in total. The van der Waals surface area contributed by atoms with E-state index in [0.29, 0.717) is 0 Å².